The van der Waals surface area contributed by atoms with Crippen molar-refractivity contribution >= 4 is 40.5 Å². The van der Waals surface area contributed by atoms with E-state index in [-0.39, 0.29) is 10.7 Å². The molecule has 0 radical (unpaired) electrons. The summed E-state index contributed by atoms with van der Waals surface area (Å²) in [6.45, 7) is 1.48. The Morgan fingerprint density at radius 1 is 1.25 bits per heavy atom. The second kappa shape index (κ2) is 7.46. The van der Waals surface area contributed by atoms with Crippen molar-refractivity contribution in [1.29, 1.82) is 0 Å². The molecule has 2 aromatic carbocycles. The number of amides is 1. The van der Waals surface area contributed by atoms with E-state index >= 15 is 0 Å². The van der Waals surface area contributed by atoms with Crippen molar-refractivity contribution in [3.05, 3.63) is 62.4 Å². The summed E-state index contributed by atoms with van der Waals surface area (Å²) < 4.78 is 18.7. The molecule has 2 rings (SSSR count). The van der Waals surface area contributed by atoms with Crippen molar-refractivity contribution in [3.8, 4) is 5.75 Å². The molecule has 0 aliphatic rings. The molecular weight excluding hydrogens is 362 g/mol. The Hall–Kier alpha value is -2.38. The number of nitrogens with one attached hydrogen (secondary N) is 1. The van der Waals surface area contributed by atoms with E-state index in [1.165, 1.54) is 25.1 Å². The molecule has 1 atom stereocenters. The zero-order valence-electron chi connectivity index (χ0n) is 12.3. The zero-order valence-corrected chi connectivity index (χ0v) is 13.8. The number of rotatable bonds is 5. The van der Waals surface area contributed by atoms with Crippen LogP contribution in [0.2, 0.25) is 10.0 Å². The molecule has 0 fully saturated rings. The van der Waals surface area contributed by atoms with E-state index in [1.54, 1.807) is 6.07 Å². The highest BCUT2D eigenvalue weighted by molar-refractivity contribution is 6.42. The molecule has 0 spiro atoms. The van der Waals surface area contributed by atoms with E-state index in [4.69, 9.17) is 27.9 Å². The van der Waals surface area contributed by atoms with Gasteiger partial charge in [-0.3, -0.25) is 14.9 Å². The first-order valence-electron chi connectivity index (χ1n) is 6.64. The van der Waals surface area contributed by atoms with Crippen molar-refractivity contribution in [3.63, 3.8) is 0 Å². The number of nitro benzene ring substituents is 1. The molecule has 0 saturated heterocycles. The number of halogens is 3. The Bertz CT molecular complexity index is 801. The smallest absolute Gasteiger partial charge is 0.306 e. The van der Waals surface area contributed by atoms with E-state index in [0.717, 1.165) is 12.1 Å². The van der Waals surface area contributed by atoms with E-state index in [1.807, 2.05) is 0 Å². The predicted octanol–water partition coefficient (Wildman–Crippen LogP) is 4.45. The molecule has 6 nitrogen and oxygen atoms in total. The average molecular weight is 373 g/mol. The molecule has 0 aliphatic carbocycles. The van der Waals surface area contributed by atoms with Gasteiger partial charge in [0.2, 0.25) is 5.82 Å². The monoisotopic (exact) mass is 372 g/mol. The van der Waals surface area contributed by atoms with E-state index < -0.39 is 28.4 Å². The quantitative estimate of drug-likeness (QED) is 0.620. The van der Waals surface area contributed by atoms with Gasteiger partial charge in [0.15, 0.2) is 6.10 Å². The second-order valence-electron chi connectivity index (χ2n) is 4.75. The lowest BCUT2D eigenvalue weighted by Crippen LogP contribution is -2.30. The first kappa shape index (κ1) is 18.0. The molecule has 1 amide bonds. The first-order valence-corrected chi connectivity index (χ1v) is 7.40. The van der Waals surface area contributed by atoms with E-state index in [0.29, 0.717) is 10.8 Å². The van der Waals surface area contributed by atoms with Gasteiger partial charge >= 0.3 is 5.69 Å². The van der Waals surface area contributed by atoms with Crippen LogP contribution in [0.25, 0.3) is 0 Å². The highest BCUT2D eigenvalue weighted by atomic mass is 35.5. The first-order chi connectivity index (χ1) is 11.3. The van der Waals surface area contributed by atoms with Crippen molar-refractivity contribution in [2.24, 2.45) is 0 Å². The third kappa shape index (κ3) is 4.33. The van der Waals surface area contributed by atoms with Crippen LogP contribution in [0.1, 0.15) is 6.92 Å². The second-order valence-corrected chi connectivity index (χ2v) is 5.56. The molecule has 1 unspecified atom stereocenters. The molecule has 24 heavy (non-hydrogen) atoms. The lowest BCUT2D eigenvalue weighted by Gasteiger charge is -2.15. The van der Waals surface area contributed by atoms with Crippen LogP contribution in [0.5, 0.6) is 5.75 Å². The summed E-state index contributed by atoms with van der Waals surface area (Å²) >= 11 is 11.6. The molecule has 0 bridgehead atoms. The third-order valence-electron chi connectivity index (χ3n) is 2.98. The Labute approximate surface area is 146 Å². The van der Waals surface area contributed by atoms with Crippen molar-refractivity contribution in [1.82, 2.24) is 0 Å². The third-order valence-corrected chi connectivity index (χ3v) is 3.72. The standard InChI is InChI=1S/C15H11Cl2FN2O4/c1-8(24-10-3-4-11(16)12(17)7-10)15(21)19-9-2-5-13(18)14(6-9)20(22)23/h2-8H,1H3,(H,19,21). The largest absolute Gasteiger partial charge is 0.481 e. The fourth-order valence-electron chi connectivity index (χ4n) is 1.78. The number of ether oxygens (including phenoxy) is 1. The molecular formula is C15H11Cl2FN2O4. The number of hydrogen-bond donors (Lipinski definition) is 1. The van der Waals surface area contributed by atoms with Gasteiger partial charge in [0, 0.05) is 17.8 Å². The summed E-state index contributed by atoms with van der Waals surface area (Å²) in [4.78, 5) is 21.9. The van der Waals surface area contributed by atoms with Gasteiger partial charge in [0.25, 0.3) is 5.91 Å². The lowest BCUT2D eigenvalue weighted by molar-refractivity contribution is -0.387. The summed E-state index contributed by atoms with van der Waals surface area (Å²) in [6.07, 6.45) is -0.925. The summed E-state index contributed by atoms with van der Waals surface area (Å²) in [5.41, 5.74) is -0.649. The van der Waals surface area contributed by atoms with E-state index in [9.17, 15) is 19.3 Å². The van der Waals surface area contributed by atoms with Gasteiger partial charge in [-0.05, 0) is 31.2 Å². The molecule has 1 N–H and O–H groups in total. The maximum absolute atomic E-state index is 13.3. The fourth-order valence-corrected chi connectivity index (χ4v) is 2.07. The van der Waals surface area contributed by atoms with Gasteiger partial charge in [-0.25, -0.2) is 0 Å². The Morgan fingerprint density at radius 3 is 2.58 bits per heavy atom. The van der Waals surface area contributed by atoms with Gasteiger partial charge in [-0.2, -0.15) is 4.39 Å². The predicted molar refractivity (Wildman–Crippen MR) is 88.2 cm³/mol. The Balaban J connectivity index is 2.07. The van der Waals surface area contributed by atoms with Crippen LogP contribution in [0.4, 0.5) is 15.8 Å². The summed E-state index contributed by atoms with van der Waals surface area (Å²) in [5, 5.41) is 13.7. The van der Waals surface area contributed by atoms with Gasteiger partial charge in [0.1, 0.15) is 5.75 Å². The average Bonchev–Trinajstić information content (AvgIpc) is 2.52. The topological polar surface area (TPSA) is 81.5 Å². The highest BCUT2D eigenvalue weighted by Crippen LogP contribution is 2.27. The van der Waals surface area contributed by atoms with Crippen LogP contribution in [-0.4, -0.2) is 16.9 Å². The molecule has 126 valence electrons. The zero-order chi connectivity index (χ0) is 17.9. The summed E-state index contributed by atoms with van der Waals surface area (Å²) in [7, 11) is 0. The lowest BCUT2D eigenvalue weighted by atomic mass is 10.2. The molecule has 2 aromatic rings. The number of nitrogens with zero attached hydrogens (tertiary/aromatic N) is 1. The molecule has 0 saturated carbocycles. The normalized spacial score (nSPS) is 11.7. The van der Waals surface area contributed by atoms with Crippen LogP contribution in [0.15, 0.2) is 36.4 Å². The number of hydrogen-bond acceptors (Lipinski definition) is 4. The Morgan fingerprint density at radius 2 is 1.96 bits per heavy atom. The SMILES string of the molecule is CC(Oc1ccc(Cl)c(Cl)c1)C(=O)Nc1ccc(F)c([N+](=O)[O-])c1. The van der Waals surface area contributed by atoms with E-state index in [2.05, 4.69) is 5.32 Å². The number of carbonyl (C=O) groups excluding carboxylic acids is 1. The van der Waals surface area contributed by atoms with Crippen LogP contribution < -0.4 is 10.1 Å². The number of anilines is 1. The van der Waals surface area contributed by atoms with Crippen LogP contribution in [0.3, 0.4) is 0 Å². The fraction of sp³-hybridized carbons (Fsp3) is 0.133. The Kier molecular flexibility index (Phi) is 5.58. The van der Waals surface area contributed by atoms with Gasteiger partial charge in [-0.15, -0.1) is 0 Å². The molecule has 0 aromatic heterocycles. The highest BCUT2D eigenvalue weighted by Gasteiger charge is 2.19. The van der Waals surface area contributed by atoms with Crippen LogP contribution in [0, 0.1) is 15.9 Å². The summed E-state index contributed by atoms with van der Waals surface area (Å²) in [5.74, 6) is -1.22. The number of nitro groups is 1. The van der Waals surface area contributed by atoms with Crippen molar-refractivity contribution < 1.29 is 18.8 Å². The van der Waals surface area contributed by atoms with Crippen molar-refractivity contribution in [2.45, 2.75) is 13.0 Å². The minimum atomic E-state index is -0.988. The minimum absolute atomic E-state index is 0.0812. The van der Waals surface area contributed by atoms with Gasteiger partial charge in [0.05, 0.1) is 15.0 Å². The van der Waals surface area contributed by atoms with Gasteiger partial charge < -0.3 is 10.1 Å². The minimum Gasteiger partial charge on any atom is -0.481 e. The molecule has 0 heterocycles. The maximum Gasteiger partial charge on any atom is 0.306 e. The van der Waals surface area contributed by atoms with Gasteiger partial charge in [-0.1, -0.05) is 23.2 Å². The summed E-state index contributed by atoms with van der Waals surface area (Å²) in [6, 6.07) is 7.56. The maximum atomic E-state index is 13.3. The molecule has 9 heteroatoms. The van der Waals surface area contributed by atoms with Crippen molar-refractivity contribution in [2.75, 3.05) is 5.32 Å². The number of benzene rings is 2. The van der Waals surface area contributed by atoms with Crippen LogP contribution >= 0.6 is 23.2 Å². The number of carbonyl (C=O) groups is 1. The molecule has 0 aliphatic heterocycles. The van der Waals surface area contributed by atoms with Crippen LogP contribution in [-0.2, 0) is 4.79 Å².